The predicted molar refractivity (Wildman–Crippen MR) is 223 cm³/mol. The van der Waals surface area contributed by atoms with Gasteiger partial charge in [0.1, 0.15) is 0 Å². The maximum atomic E-state index is 12.6. The van der Waals surface area contributed by atoms with Gasteiger partial charge in [-0.1, -0.05) is 162 Å². The van der Waals surface area contributed by atoms with Crippen LogP contribution in [0, 0.1) is 11.3 Å². The second-order valence-electron chi connectivity index (χ2n) is 16.7. The third-order valence-electron chi connectivity index (χ3n) is 11.0. The van der Waals surface area contributed by atoms with Gasteiger partial charge in [0.2, 0.25) is 0 Å². The summed E-state index contributed by atoms with van der Waals surface area (Å²) in [6.45, 7) is 15.4. The molecule has 0 aromatic rings. The zero-order valence-corrected chi connectivity index (χ0v) is 35.8. The van der Waals surface area contributed by atoms with Crippen molar-refractivity contribution in [2.75, 3.05) is 39.5 Å². The Labute approximate surface area is 324 Å². The van der Waals surface area contributed by atoms with Gasteiger partial charge in [-0.15, -0.1) is 0 Å². The molecule has 0 heterocycles. The number of unbranched alkanes of at least 4 members (excludes halogenated alkanes) is 21. The van der Waals surface area contributed by atoms with Gasteiger partial charge in [-0.3, -0.25) is 9.59 Å². The zero-order chi connectivity index (χ0) is 38.4. The van der Waals surface area contributed by atoms with E-state index in [2.05, 4.69) is 25.7 Å². The summed E-state index contributed by atoms with van der Waals surface area (Å²) in [6.07, 6.45) is 36.4. The topological polar surface area (TPSA) is 76.1 Å². The molecule has 0 aliphatic heterocycles. The average molecular weight is 738 g/mol. The summed E-state index contributed by atoms with van der Waals surface area (Å²) in [6, 6.07) is 0. The Balaban J connectivity index is 4.11. The maximum Gasteiger partial charge on any atom is 0.311 e. The molecule has 0 unspecified atom stereocenters. The molecule has 0 aliphatic carbocycles. The Kier molecular flexibility index (Phi) is 37.3. The summed E-state index contributed by atoms with van der Waals surface area (Å²) in [7, 11) is 0. The Morgan fingerprint density at radius 2 is 0.981 bits per heavy atom. The molecule has 0 spiro atoms. The Hall–Kier alpha value is -1.14. The number of carbonyl (C=O) groups excluding carboxylic acids is 2. The molecule has 0 bridgehead atoms. The first-order valence-corrected chi connectivity index (χ1v) is 23.0. The maximum absolute atomic E-state index is 12.6. The normalized spacial score (nSPS) is 11.9. The van der Waals surface area contributed by atoms with Crippen LogP contribution in [0.25, 0.3) is 0 Å². The van der Waals surface area contributed by atoms with Crippen LogP contribution >= 0.6 is 0 Å². The summed E-state index contributed by atoms with van der Waals surface area (Å²) in [5, 5.41) is 9.41. The van der Waals surface area contributed by atoms with Crippen LogP contribution in [0.3, 0.4) is 0 Å². The smallest absolute Gasteiger partial charge is 0.311 e. The number of ether oxygens (including phenoxy) is 2. The fourth-order valence-corrected chi connectivity index (χ4v) is 7.21. The van der Waals surface area contributed by atoms with Crippen LogP contribution in [0.4, 0.5) is 0 Å². The molecule has 0 atom stereocenters. The van der Waals surface area contributed by atoms with Crippen LogP contribution < -0.4 is 0 Å². The molecule has 0 rings (SSSR count). The number of rotatable bonds is 41. The van der Waals surface area contributed by atoms with Gasteiger partial charge in [-0.25, -0.2) is 0 Å². The first-order valence-electron chi connectivity index (χ1n) is 23.0. The highest BCUT2D eigenvalue weighted by Crippen LogP contribution is 2.26. The molecule has 0 amide bonds. The summed E-state index contributed by atoms with van der Waals surface area (Å²) >= 11 is 0. The lowest BCUT2D eigenvalue weighted by Crippen LogP contribution is -2.28. The number of hydrogen-bond donors (Lipinski definition) is 1. The van der Waals surface area contributed by atoms with E-state index in [1.165, 1.54) is 128 Å². The summed E-state index contributed by atoms with van der Waals surface area (Å²) in [5.74, 6) is 0.497. The van der Waals surface area contributed by atoms with Gasteiger partial charge < -0.3 is 19.5 Å². The van der Waals surface area contributed by atoms with Crippen LogP contribution in [0.5, 0.6) is 0 Å². The number of aliphatic hydroxyl groups is 1. The molecular formula is C46H91NO5. The molecule has 0 saturated heterocycles. The lowest BCUT2D eigenvalue weighted by atomic mass is 9.87. The van der Waals surface area contributed by atoms with Gasteiger partial charge in [-0.2, -0.15) is 0 Å². The fourth-order valence-electron chi connectivity index (χ4n) is 7.21. The SMILES string of the molecule is CCCCCCCCCOC(=O)C(C)(C)CCCCCCN(CCCO)CCCCCCCC(=O)OCC(CCCCCCC)CCCCCCC. The molecule has 310 valence electrons. The molecule has 0 aromatic carbocycles. The summed E-state index contributed by atoms with van der Waals surface area (Å²) in [5.41, 5.74) is -0.405. The summed E-state index contributed by atoms with van der Waals surface area (Å²) in [4.78, 5) is 27.7. The second kappa shape index (κ2) is 38.1. The minimum Gasteiger partial charge on any atom is -0.465 e. The van der Waals surface area contributed by atoms with Gasteiger partial charge in [0.05, 0.1) is 18.6 Å². The first-order chi connectivity index (χ1) is 25.3. The van der Waals surface area contributed by atoms with Crippen molar-refractivity contribution < 1.29 is 24.2 Å². The van der Waals surface area contributed by atoms with Gasteiger partial charge in [0, 0.05) is 19.6 Å². The van der Waals surface area contributed by atoms with E-state index >= 15 is 0 Å². The van der Waals surface area contributed by atoms with Gasteiger partial charge >= 0.3 is 11.9 Å². The van der Waals surface area contributed by atoms with Crippen molar-refractivity contribution in [2.24, 2.45) is 11.3 Å². The molecule has 0 saturated carbocycles. The first kappa shape index (κ1) is 50.9. The quantitative estimate of drug-likeness (QED) is 0.0497. The minimum atomic E-state index is -0.405. The third kappa shape index (κ3) is 33.4. The van der Waals surface area contributed by atoms with E-state index in [9.17, 15) is 14.7 Å². The number of hydrogen-bond acceptors (Lipinski definition) is 6. The number of aliphatic hydroxyl groups excluding tert-OH is 1. The van der Waals surface area contributed by atoms with E-state index in [1.54, 1.807) is 0 Å². The van der Waals surface area contributed by atoms with Gasteiger partial charge in [0.25, 0.3) is 0 Å². The van der Waals surface area contributed by atoms with Crippen molar-refractivity contribution in [1.82, 2.24) is 4.90 Å². The molecule has 0 aliphatic rings. The Morgan fingerprint density at radius 3 is 1.52 bits per heavy atom. The predicted octanol–water partition coefficient (Wildman–Crippen LogP) is 13.2. The van der Waals surface area contributed by atoms with Crippen molar-refractivity contribution in [1.29, 1.82) is 0 Å². The third-order valence-corrected chi connectivity index (χ3v) is 11.0. The standard InChI is InChI=1S/C46H91NO5/c1-6-9-12-15-16-24-31-41-51-45(50)46(4,5)36-28-21-23-30-38-47(39-32-40-48)37-29-22-17-20-27-35-44(49)52-42-43(33-25-18-13-10-7-2)34-26-19-14-11-8-3/h43,48H,6-42H2,1-5H3. The minimum absolute atomic E-state index is 0.000515. The van der Waals surface area contributed by atoms with Crippen LogP contribution in [0.2, 0.25) is 0 Å². The highest BCUT2D eigenvalue weighted by Gasteiger charge is 2.28. The average Bonchev–Trinajstić information content (AvgIpc) is 3.13. The zero-order valence-electron chi connectivity index (χ0n) is 35.8. The van der Waals surface area contributed by atoms with E-state index < -0.39 is 5.41 Å². The van der Waals surface area contributed by atoms with Crippen molar-refractivity contribution in [3.63, 3.8) is 0 Å². The van der Waals surface area contributed by atoms with Gasteiger partial charge in [-0.05, 0) is 84.2 Å². The van der Waals surface area contributed by atoms with Crippen LogP contribution in [0.15, 0.2) is 0 Å². The van der Waals surface area contributed by atoms with E-state index in [0.29, 0.717) is 25.6 Å². The van der Waals surface area contributed by atoms with E-state index in [4.69, 9.17) is 9.47 Å². The van der Waals surface area contributed by atoms with Crippen LogP contribution in [-0.4, -0.2) is 61.4 Å². The molecule has 52 heavy (non-hydrogen) atoms. The molecule has 0 fully saturated rings. The number of nitrogens with zero attached hydrogens (tertiary/aromatic N) is 1. The lowest BCUT2D eigenvalue weighted by molar-refractivity contribution is -0.154. The van der Waals surface area contributed by atoms with Crippen molar-refractivity contribution >= 4 is 11.9 Å². The van der Waals surface area contributed by atoms with Gasteiger partial charge in [0.15, 0.2) is 0 Å². The monoisotopic (exact) mass is 738 g/mol. The molecule has 0 aromatic heterocycles. The van der Waals surface area contributed by atoms with E-state index in [0.717, 1.165) is 83.8 Å². The van der Waals surface area contributed by atoms with Crippen LogP contribution in [-0.2, 0) is 19.1 Å². The number of carbonyl (C=O) groups is 2. The lowest BCUT2D eigenvalue weighted by Gasteiger charge is -2.23. The molecule has 0 radical (unpaired) electrons. The van der Waals surface area contributed by atoms with Crippen molar-refractivity contribution in [3.8, 4) is 0 Å². The van der Waals surface area contributed by atoms with E-state index in [-0.39, 0.29) is 18.5 Å². The summed E-state index contributed by atoms with van der Waals surface area (Å²) < 4.78 is 11.4. The van der Waals surface area contributed by atoms with Crippen LogP contribution in [0.1, 0.15) is 234 Å². The fraction of sp³-hybridized carbons (Fsp3) is 0.957. The Bertz CT molecular complexity index is 758. The molecular weight excluding hydrogens is 647 g/mol. The molecule has 6 heteroatoms. The highest BCUT2D eigenvalue weighted by atomic mass is 16.5. The Morgan fingerprint density at radius 1 is 0.538 bits per heavy atom. The molecule has 6 nitrogen and oxygen atoms in total. The highest BCUT2D eigenvalue weighted by molar-refractivity contribution is 5.75. The van der Waals surface area contributed by atoms with E-state index in [1.807, 2.05) is 13.8 Å². The largest absolute Gasteiger partial charge is 0.465 e. The number of esters is 2. The van der Waals surface area contributed by atoms with Crippen molar-refractivity contribution in [3.05, 3.63) is 0 Å². The second-order valence-corrected chi connectivity index (χ2v) is 16.7. The van der Waals surface area contributed by atoms with Crippen molar-refractivity contribution in [2.45, 2.75) is 234 Å². The molecule has 1 N–H and O–H groups in total.